The first-order valence-electron chi connectivity index (χ1n) is 4.66. The minimum Gasteiger partial charge on any atom is -0.396 e. The number of unbranched alkanes of at least 4 members (excludes halogenated alkanes) is 1. The van der Waals surface area contributed by atoms with Crippen molar-refractivity contribution in [3.63, 3.8) is 0 Å². The van der Waals surface area contributed by atoms with E-state index < -0.39 is 0 Å². The molecule has 2 heteroatoms. The van der Waals surface area contributed by atoms with Crippen molar-refractivity contribution in [3.8, 4) is 0 Å². The highest BCUT2D eigenvalue weighted by Gasteiger charge is 1.91. The summed E-state index contributed by atoms with van der Waals surface area (Å²) in [6.45, 7) is 0.325. The smallest absolute Gasteiger partial charge is 0.0431 e. The molecule has 0 unspecified atom stereocenters. The number of benzene rings is 1. The quantitative estimate of drug-likeness (QED) is 0.706. The van der Waals surface area contributed by atoms with E-state index in [-0.39, 0.29) is 0 Å². The molecule has 0 fully saturated rings. The van der Waals surface area contributed by atoms with Crippen molar-refractivity contribution in [1.29, 1.82) is 0 Å². The van der Waals surface area contributed by atoms with Gasteiger partial charge in [-0.3, -0.25) is 0 Å². The van der Waals surface area contributed by atoms with Gasteiger partial charge in [0.2, 0.25) is 0 Å². The molecule has 1 nitrogen and oxygen atoms in total. The van der Waals surface area contributed by atoms with Crippen molar-refractivity contribution in [2.75, 3.05) is 12.4 Å². The highest BCUT2D eigenvalue weighted by Crippen LogP contribution is 2.12. The van der Waals surface area contributed by atoms with Gasteiger partial charge >= 0.3 is 0 Å². The Morgan fingerprint density at radius 1 is 1.08 bits per heavy atom. The lowest BCUT2D eigenvalue weighted by Gasteiger charge is -2.00. The summed E-state index contributed by atoms with van der Waals surface area (Å²) in [5.74, 6) is 2.24. The normalized spacial score (nSPS) is 10.2. The van der Waals surface area contributed by atoms with E-state index in [2.05, 4.69) is 24.3 Å². The molecule has 1 rings (SSSR count). The Bertz CT molecular complexity index is 211. The fourth-order valence-electron chi connectivity index (χ4n) is 1.08. The zero-order valence-corrected chi connectivity index (χ0v) is 8.59. The number of aliphatic hydroxyl groups is 1. The molecule has 1 aromatic rings. The molecule has 72 valence electrons. The van der Waals surface area contributed by atoms with Crippen LogP contribution in [0, 0.1) is 0 Å². The van der Waals surface area contributed by atoms with Gasteiger partial charge in [-0.05, 0) is 24.2 Å². The van der Waals surface area contributed by atoms with Crippen LogP contribution in [0.15, 0.2) is 30.3 Å². The molecule has 0 radical (unpaired) electrons. The monoisotopic (exact) mass is 196 g/mol. The molecular formula is C11H16OS. The molecule has 0 amide bonds. The van der Waals surface area contributed by atoms with Crippen LogP contribution in [-0.4, -0.2) is 17.5 Å². The second-order valence-electron chi connectivity index (χ2n) is 2.97. The van der Waals surface area contributed by atoms with Crippen LogP contribution in [0.3, 0.4) is 0 Å². The molecule has 0 saturated heterocycles. The van der Waals surface area contributed by atoms with E-state index in [4.69, 9.17) is 5.11 Å². The molecule has 1 N–H and O–H groups in total. The second-order valence-corrected chi connectivity index (χ2v) is 4.07. The lowest BCUT2D eigenvalue weighted by atomic mass is 10.2. The number of hydrogen-bond donors (Lipinski definition) is 1. The summed E-state index contributed by atoms with van der Waals surface area (Å²) in [6, 6.07) is 10.5. The molecule has 0 aliphatic heterocycles. The SMILES string of the molecule is OCCCCSCc1ccccc1. The van der Waals surface area contributed by atoms with E-state index in [9.17, 15) is 0 Å². The Morgan fingerprint density at radius 2 is 1.85 bits per heavy atom. The fraction of sp³-hybridized carbons (Fsp3) is 0.455. The van der Waals surface area contributed by atoms with Gasteiger partial charge in [0.15, 0.2) is 0 Å². The van der Waals surface area contributed by atoms with Crippen molar-refractivity contribution in [1.82, 2.24) is 0 Å². The van der Waals surface area contributed by atoms with Gasteiger partial charge in [0, 0.05) is 12.4 Å². The van der Waals surface area contributed by atoms with Crippen LogP contribution in [0.25, 0.3) is 0 Å². The van der Waals surface area contributed by atoms with E-state index in [0.29, 0.717) is 6.61 Å². The summed E-state index contributed by atoms with van der Waals surface area (Å²) >= 11 is 1.94. The Labute approximate surface area is 84.2 Å². The third kappa shape index (κ3) is 4.96. The van der Waals surface area contributed by atoms with Crippen molar-refractivity contribution in [2.45, 2.75) is 18.6 Å². The van der Waals surface area contributed by atoms with Crippen LogP contribution in [0.1, 0.15) is 18.4 Å². The zero-order chi connectivity index (χ0) is 9.36. The summed E-state index contributed by atoms with van der Waals surface area (Å²) in [5.41, 5.74) is 1.39. The standard InChI is InChI=1S/C11H16OS/c12-8-4-5-9-13-10-11-6-2-1-3-7-11/h1-3,6-7,12H,4-5,8-10H2. The molecule has 1 aromatic carbocycles. The highest BCUT2D eigenvalue weighted by molar-refractivity contribution is 7.98. The van der Waals surface area contributed by atoms with Crippen molar-refractivity contribution in [2.24, 2.45) is 0 Å². The van der Waals surface area contributed by atoms with Gasteiger partial charge in [0.25, 0.3) is 0 Å². The molecule has 0 atom stereocenters. The first-order valence-corrected chi connectivity index (χ1v) is 5.81. The summed E-state index contributed by atoms with van der Waals surface area (Å²) in [7, 11) is 0. The second kappa shape index (κ2) is 6.98. The van der Waals surface area contributed by atoms with Crippen LogP contribution >= 0.6 is 11.8 Å². The molecular weight excluding hydrogens is 180 g/mol. The van der Waals surface area contributed by atoms with Crippen LogP contribution < -0.4 is 0 Å². The molecule has 0 spiro atoms. The van der Waals surface area contributed by atoms with Gasteiger partial charge in [0.05, 0.1) is 0 Å². The minimum absolute atomic E-state index is 0.325. The molecule has 0 heterocycles. The van der Waals surface area contributed by atoms with E-state index in [1.165, 1.54) is 5.56 Å². The Morgan fingerprint density at radius 3 is 2.54 bits per heavy atom. The highest BCUT2D eigenvalue weighted by atomic mass is 32.2. The Kier molecular flexibility index (Phi) is 5.70. The summed E-state index contributed by atoms with van der Waals surface area (Å²) in [6.07, 6.45) is 2.05. The van der Waals surface area contributed by atoms with E-state index >= 15 is 0 Å². The topological polar surface area (TPSA) is 20.2 Å². The van der Waals surface area contributed by atoms with Crippen LogP contribution in [0.4, 0.5) is 0 Å². The lowest BCUT2D eigenvalue weighted by Crippen LogP contribution is -1.86. The Hall–Kier alpha value is -0.470. The van der Waals surface area contributed by atoms with Gasteiger partial charge in [-0.15, -0.1) is 0 Å². The van der Waals surface area contributed by atoms with Gasteiger partial charge < -0.3 is 5.11 Å². The van der Waals surface area contributed by atoms with Crippen molar-refractivity contribution >= 4 is 11.8 Å². The van der Waals surface area contributed by atoms with Gasteiger partial charge in [-0.25, -0.2) is 0 Å². The number of thioether (sulfide) groups is 1. The maximum absolute atomic E-state index is 8.57. The van der Waals surface area contributed by atoms with Crippen LogP contribution in [0.2, 0.25) is 0 Å². The average molecular weight is 196 g/mol. The molecule has 13 heavy (non-hydrogen) atoms. The molecule has 0 bridgehead atoms. The number of rotatable bonds is 6. The van der Waals surface area contributed by atoms with Crippen molar-refractivity contribution in [3.05, 3.63) is 35.9 Å². The number of aliphatic hydroxyl groups excluding tert-OH is 1. The third-order valence-corrected chi connectivity index (χ3v) is 2.92. The third-order valence-electron chi connectivity index (χ3n) is 1.81. The molecule has 0 aliphatic rings. The van der Waals surface area contributed by atoms with Gasteiger partial charge in [-0.2, -0.15) is 11.8 Å². The summed E-state index contributed by atoms with van der Waals surface area (Å²) in [5, 5.41) is 8.57. The summed E-state index contributed by atoms with van der Waals surface area (Å²) in [4.78, 5) is 0. The largest absolute Gasteiger partial charge is 0.396 e. The van der Waals surface area contributed by atoms with Crippen LogP contribution in [-0.2, 0) is 5.75 Å². The molecule has 0 saturated carbocycles. The van der Waals surface area contributed by atoms with Gasteiger partial charge in [0.1, 0.15) is 0 Å². The maximum atomic E-state index is 8.57. The predicted molar refractivity (Wildman–Crippen MR) is 58.9 cm³/mol. The average Bonchev–Trinajstić information content (AvgIpc) is 2.19. The molecule has 0 aromatic heterocycles. The van der Waals surface area contributed by atoms with Crippen LogP contribution in [0.5, 0.6) is 0 Å². The van der Waals surface area contributed by atoms with Gasteiger partial charge in [-0.1, -0.05) is 30.3 Å². The number of hydrogen-bond acceptors (Lipinski definition) is 2. The zero-order valence-electron chi connectivity index (χ0n) is 7.78. The minimum atomic E-state index is 0.325. The van der Waals surface area contributed by atoms with E-state index in [1.54, 1.807) is 0 Å². The van der Waals surface area contributed by atoms with E-state index in [0.717, 1.165) is 24.3 Å². The fourth-order valence-corrected chi connectivity index (χ4v) is 2.06. The first-order chi connectivity index (χ1) is 6.43. The maximum Gasteiger partial charge on any atom is 0.0431 e. The summed E-state index contributed by atoms with van der Waals surface area (Å²) < 4.78 is 0. The van der Waals surface area contributed by atoms with Crippen molar-refractivity contribution < 1.29 is 5.11 Å². The lowest BCUT2D eigenvalue weighted by molar-refractivity contribution is 0.287. The van der Waals surface area contributed by atoms with E-state index in [1.807, 2.05) is 17.8 Å². The molecule has 0 aliphatic carbocycles. The Balaban J connectivity index is 2.07. The first kappa shape index (κ1) is 10.6. The predicted octanol–water partition coefficient (Wildman–Crippen LogP) is 2.69.